The van der Waals surface area contributed by atoms with E-state index < -0.39 is 0 Å². The molecule has 3 heterocycles. The van der Waals surface area contributed by atoms with Crippen molar-refractivity contribution in [3.05, 3.63) is 30.1 Å². The van der Waals surface area contributed by atoms with E-state index >= 15 is 0 Å². The zero-order valence-corrected chi connectivity index (χ0v) is 19.3. The topological polar surface area (TPSA) is 126 Å². The number of anilines is 2. The standard InChI is InChI=1S/C23H32N4O6/c1-15(2)32-23(30)27-11-8-17(9-12-27)33-19-7-10-24-22(21(19)29)26-18-5-6-20(25-16(18)3)31-14-4-13-28/h5-7,10,15,17,28-29H,4,8-9,11-14H2,1-3H3,(H,24,26). The van der Waals surface area contributed by atoms with Crippen molar-refractivity contribution < 1.29 is 29.2 Å². The lowest BCUT2D eigenvalue weighted by molar-refractivity contribution is 0.0511. The molecule has 0 atom stereocenters. The smallest absolute Gasteiger partial charge is 0.410 e. The van der Waals surface area contributed by atoms with E-state index in [0.29, 0.717) is 62.0 Å². The van der Waals surface area contributed by atoms with Gasteiger partial charge in [0.1, 0.15) is 6.10 Å². The first-order valence-corrected chi connectivity index (χ1v) is 11.2. The Hall–Kier alpha value is -3.27. The first kappa shape index (κ1) is 24.4. The number of hydrogen-bond acceptors (Lipinski definition) is 9. The number of likely N-dealkylation sites (tertiary alicyclic amines) is 1. The van der Waals surface area contributed by atoms with Gasteiger partial charge in [-0.3, -0.25) is 0 Å². The summed E-state index contributed by atoms with van der Waals surface area (Å²) >= 11 is 0. The fourth-order valence-corrected chi connectivity index (χ4v) is 3.35. The molecule has 10 nitrogen and oxygen atoms in total. The molecular formula is C23H32N4O6. The first-order chi connectivity index (χ1) is 15.9. The number of amides is 1. The second-order valence-corrected chi connectivity index (χ2v) is 8.08. The second kappa shape index (κ2) is 11.6. The maximum Gasteiger partial charge on any atom is 0.410 e. The van der Waals surface area contributed by atoms with Crippen LogP contribution in [0.4, 0.5) is 16.3 Å². The molecule has 2 aromatic heterocycles. The summed E-state index contributed by atoms with van der Waals surface area (Å²) < 4.78 is 16.7. The Bertz CT molecular complexity index is 931. The zero-order valence-electron chi connectivity index (χ0n) is 19.3. The van der Waals surface area contributed by atoms with E-state index in [0.717, 1.165) is 0 Å². The fraction of sp³-hybridized carbons (Fsp3) is 0.522. The summed E-state index contributed by atoms with van der Waals surface area (Å²) in [6.07, 6.45) is 2.77. The highest BCUT2D eigenvalue weighted by Crippen LogP contribution is 2.36. The number of aryl methyl sites for hydroxylation is 1. The number of aliphatic hydroxyl groups is 1. The minimum absolute atomic E-state index is 0.0613. The van der Waals surface area contributed by atoms with Crippen molar-refractivity contribution in [2.24, 2.45) is 0 Å². The van der Waals surface area contributed by atoms with Crippen LogP contribution >= 0.6 is 0 Å². The van der Waals surface area contributed by atoms with Crippen LogP contribution < -0.4 is 14.8 Å². The maximum absolute atomic E-state index is 12.0. The molecule has 180 valence electrons. The molecule has 1 saturated heterocycles. The van der Waals surface area contributed by atoms with Gasteiger partial charge in [-0.05, 0) is 26.8 Å². The molecule has 1 amide bonds. The lowest BCUT2D eigenvalue weighted by Crippen LogP contribution is -2.42. The van der Waals surface area contributed by atoms with Crippen LogP contribution in [0, 0.1) is 6.92 Å². The molecule has 33 heavy (non-hydrogen) atoms. The van der Waals surface area contributed by atoms with Crippen LogP contribution in [0.25, 0.3) is 0 Å². The molecule has 0 aliphatic carbocycles. The Labute approximate surface area is 193 Å². The minimum Gasteiger partial charge on any atom is -0.502 e. The third-order valence-corrected chi connectivity index (χ3v) is 5.08. The molecule has 0 aromatic carbocycles. The Morgan fingerprint density at radius 1 is 1.27 bits per heavy atom. The van der Waals surface area contributed by atoms with Gasteiger partial charge < -0.3 is 34.6 Å². The van der Waals surface area contributed by atoms with E-state index in [2.05, 4.69) is 15.3 Å². The van der Waals surface area contributed by atoms with Crippen LogP contribution in [-0.4, -0.2) is 69.7 Å². The van der Waals surface area contributed by atoms with Crippen LogP contribution in [-0.2, 0) is 4.74 Å². The summed E-state index contributed by atoms with van der Waals surface area (Å²) in [5, 5.41) is 22.6. The Morgan fingerprint density at radius 3 is 2.70 bits per heavy atom. The molecular weight excluding hydrogens is 428 g/mol. The molecule has 0 saturated carbocycles. The molecule has 10 heteroatoms. The molecule has 3 N–H and O–H groups in total. The molecule has 1 aliphatic rings. The van der Waals surface area contributed by atoms with Gasteiger partial charge in [0.2, 0.25) is 11.6 Å². The van der Waals surface area contributed by atoms with E-state index in [4.69, 9.17) is 19.3 Å². The molecule has 0 bridgehead atoms. The molecule has 3 rings (SSSR count). The van der Waals surface area contributed by atoms with Gasteiger partial charge in [0, 0.05) is 57.3 Å². The van der Waals surface area contributed by atoms with Gasteiger partial charge in [0.15, 0.2) is 11.6 Å². The Kier molecular flexibility index (Phi) is 8.53. The number of aliphatic hydroxyl groups excluding tert-OH is 1. The highest BCUT2D eigenvalue weighted by atomic mass is 16.6. The average Bonchev–Trinajstić information content (AvgIpc) is 2.78. The largest absolute Gasteiger partial charge is 0.502 e. The molecule has 1 aliphatic heterocycles. The van der Waals surface area contributed by atoms with E-state index in [9.17, 15) is 9.90 Å². The van der Waals surface area contributed by atoms with Gasteiger partial charge >= 0.3 is 6.09 Å². The number of carbonyl (C=O) groups is 1. The summed E-state index contributed by atoms with van der Waals surface area (Å²) in [5.74, 6) is 0.945. The van der Waals surface area contributed by atoms with E-state index in [1.54, 1.807) is 29.3 Å². The number of nitrogens with zero attached hydrogens (tertiary/aromatic N) is 3. The number of piperidine rings is 1. The maximum atomic E-state index is 12.0. The first-order valence-electron chi connectivity index (χ1n) is 11.2. The third-order valence-electron chi connectivity index (χ3n) is 5.08. The molecule has 2 aromatic rings. The van der Waals surface area contributed by atoms with E-state index in [1.165, 1.54) is 0 Å². The third kappa shape index (κ3) is 6.85. The van der Waals surface area contributed by atoms with Gasteiger partial charge in [0.05, 0.1) is 24.1 Å². The lowest BCUT2D eigenvalue weighted by atomic mass is 10.1. The molecule has 0 spiro atoms. The number of hydrogen-bond donors (Lipinski definition) is 3. The van der Waals surface area contributed by atoms with Gasteiger partial charge in [-0.1, -0.05) is 0 Å². The lowest BCUT2D eigenvalue weighted by Gasteiger charge is -2.32. The van der Waals surface area contributed by atoms with Crippen LogP contribution in [0.2, 0.25) is 0 Å². The zero-order chi connectivity index (χ0) is 23.8. The quantitative estimate of drug-likeness (QED) is 0.483. The van der Waals surface area contributed by atoms with Crippen LogP contribution in [0.1, 0.15) is 38.8 Å². The monoisotopic (exact) mass is 460 g/mol. The van der Waals surface area contributed by atoms with Gasteiger partial charge in [-0.15, -0.1) is 0 Å². The van der Waals surface area contributed by atoms with Crippen molar-refractivity contribution in [2.45, 2.75) is 52.2 Å². The normalized spacial score (nSPS) is 14.3. The Balaban J connectivity index is 1.59. The second-order valence-electron chi connectivity index (χ2n) is 8.08. The fourth-order valence-electron chi connectivity index (χ4n) is 3.35. The number of rotatable bonds is 9. The van der Waals surface area contributed by atoms with Crippen molar-refractivity contribution in [1.82, 2.24) is 14.9 Å². The van der Waals surface area contributed by atoms with E-state index in [-0.39, 0.29) is 36.5 Å². The van der Waals surface area contributed by atoms with Crippen LogP contribution in [0.3, 0.4) is 0 Å². The number of aromatic hydroxyl groups is 1. The predicted octanol–water partition coefficient (Wildman–Crippen LogP) is 3.38. The highest BCUT2D eigenvalue weighted by Gasteiger charge is 2.26. The van der Waals surface area contributed by atoms with Gasteiger partial charge in [-0.2, -0.15) is 0 Å². The summed E-state index contributed by atoms with van der Waals surface area (Å²) in [4.78, 5) is 22.3. The van der Waals surface area contributed by atoms with Crippen molar-refractivity contribution in [3.63, 3.8) is 0 Å². The summed E-state index contributed by atoms with van der Waals surface area (Å²) in [6, 6.07) is 5.11. The van der Waals surface area contributed by atoms with E-state index in [1.807, 2.05) is 20.8 Å². The van der Waals surface area contributed by atoms with Gasteiger partial charge in [-0.25, -0.2) is 14.8 Å². The van der Waals surface area contributed by atoms with Crippen molar-refractivity contribution >= 4 is 17.6 Å². The number of nitrogens with one attached hydrogen (secondary N) is 1. The SMILES string of the molecule is Cc1nc(OCCCO)ccc1Nc1nccc(OC2CCN(C(=O)OC(C)C)CC2)c1O. The molecule has 1 fully saturated rings. The number of ether oxygens (including phenoxy) is 3. The van der Waals surface area contributed by atoms with Crippen LogP contribution in [0.15, 0.2) is 24.4 Å². The van der Waals surface area contributed by atoms with Crippen molar-refractivity contribution in [3.8, 4) is 17.4 Å². The highest BCUT2D eigenvalue weighted by molar-refractivity contribution is 5.68. The summed E-state index contributed by atoms with van der Waals surface area (Å²) in [6.45, 7) is 6.97. The average molecular weight is 461 g/mol. The number of pyridine rings is 2. The van der Waals surface area contributed by atoms with Crippen LogP contribution in [0.5, 0.6) is 17.4 Å². The Morgan fingerprint density at radius 2 is 2.03 bits per heavy atom. The predicted molar refractivity (Wildman–Crippen MR) is 122 cm³/mol. The minimum atomic E-state index is -0.310. The summed E-state index contributed by atoms with van der Waals surface area (Å²) in [7, 11) is 0. The molecule has 0 unspecified atom stereocenters. The number of carbonyl (C=O) groups excluding carboxylic acids is 1. The molecule has 0 radical (unpaired) electrons. The summed E-state index contributed by atoms with van der Waals surface area (Å²) in [5.41, 5.74) is 1.34. The van der Waals surface area contributed by atoms with Gasteiger partial charge in [0.25, 0.3) is 0 Å². The number of aromatic nitrogens is 2. The van der Waals surface area contributed by atoms with Crippen molar-refractivity contribution in [1.29, 1.82) is 0 Å². The van der Waals surface area contributed by atoms with Crippen molar-refractivity contribution in [2.75, 3.05) is 31.6 Å².